The van der Waals surface area contributed by atoms with Gasteiger partial charge in [0.05, 0.1) is 5.56 Å². The van der Waals surface area contributed by atoms with Crippen LogP contribution in [0.4, 0.5) is 18.9 Å². The molecule has 0 spiro atoms. The number of halogens is 3. The second-order valence-corrected chi connectivity index (χ2v) is 4.45. The molecule has 0 atom stereocenters. The van der Waals surface area contributed by atoms with E-state index in [9.17, 15) is 18.0 Å². The quantitative estimate of drug-likeness (QED) is 0.887. The Morgan fingerprint density at radius 2 is 1.81 bits per heavy atom. The fraction of sp³-hybridized carbons (Fsp3) is 0.133. The van der Waals surface area contributed by atoms with Crippen molar-refractivity contribution in [2.45, 2.75) is 13.0 Å². The third-order valence-corrected chi connectivity index (χ3v) is 2.96. The number of amides is 1. The van der Waals surface area contributed by atoms with Gasteiger partial charge in [0, 0.05) is 17.8 Å². The Labute approximate surface area is 119 Å². The second kappa shape index (κ2) is 6.30. The molecular weight excluding hydrogens is 281 g/mol. The average Bonchev–Trinajstić information content (AvgIpc) is 2.46. The molecule has 0 unspecified atom stereocenters. The van der Waals surface area contributed by atoms with Crippen molar-refractivity contribution in [3.63, 3.8) is 0 Å². The van der Waals surface area contributed by atoms with Crippen molar-refractivity contribution < 1.29 is 18.0 Å². The maximum absolute atomic E-state index is 13.3. The largest absolute Gasteiger partial charge is 0.381 e. The van der Waals surface area contributed by atoms with E-state index < -0.39 is 18.1 Å². The summed E-state index contributed by atoms with van der Waals surface area (Å²) in [7, 11) is 0. The molecule has 0 aliphatic heterocycles. The Morgan fingerprint density at radius 1 is 1.14 bits per heavy atom. The van der Waals surface area contributed by atoms with Crippen LogP contribution in [0.15, 0.2) is 42.5 Å². The average molecular weight is 294 g/mol. The molecule has 3 N–H and O–H groups in total. The third kappa shape index (κ3) is 3.75. The standard InChI is InChI=1S/C15H13F3N2O/c16-13-6-5-11(7-12(13)15(19)21)20-8-9-1-3-10(4-2-9)14(17)18/h1-7,14,20H,8H2,(H2,19,21). The highest BCUT2D eigenvalue weighted by atomic mass is 19.3. The summed E-state index contributed by atoms with van der Waals surface area (Å²) < 4.78 is 38.1. The third-order valence-electron chi connectivity index (χ3n) is 2.96. The lowest BCUT2D eigenvalue weighted by Crippen LogP contribution is -2.13. The highest BCUT2D eigenvalue weighted by molar-refractivity contribution is 5.94. The fourth-order valence-electron chi connectivity index (χ4n) is 1.81. The lowest BCUT2D eigenvalue weighted by atomic mass is 10.1. The van der Waals surface area contributed by atoms with Crippen LogP contribution in [0.1, 0.15) is 27.9 Å². The van der Waals surface area contributed by atoms with E-state index in [-0.39, 0.29) is 11.1 Å². The summed E-state index contributed by atoms with van der Waals surface area (Å²) in [5.74, 6) is -1.54. The highest BCUT2D eigenvalue weighted by Crippen LogP contribution is 2.19. The van der Waals surface area contributed by atoms with Gasteiger partial charge in [-0.3, -0.25) is 4.79 Å². The van der Waals surface area contributed by atoms with Gasteiger partial charge in [-0.25, -0.2) is 13.2 Å². The maximum atomic E-state index is 13.3. The minimum atomic E-state index is -2.50. The van der Waals surface area contributed by atoms with Crippen molar-refractivity contribution in [3.05, 3.63) is 65.0 Å². The smallest absolute Gasteiger partial charge is 0.263 e. The molecule has 2 aromatic rings. The topological polar surface area (TPSA) is 55.1 Å². The van der Waals surface area contributed by atoms with Crippen LogP contribution >= 0.6 is 0 Å². The Hall–Kier alpha value is -2.50. The highest BCUT2D eigenvalue weighted by Gasteiger charge is 2.09. The van der Waals surface area contributed by atoms with Crippen LogP contribution in [0.5, 0.6) is 0 Å². The van der Waals surface area contributed by atoms with Crippen molar-refractivity contribution in [2.24, 2.45) is 5.73 Å². The van der Waals surface area contributed by atoms with Gasteiger partial charge in [-0.2, -0.15) is 0 Å². The van der Waals surface area contributed by atoms with E-state index >= 15 is 0 Å². The van der Waals surface area contributed by atoms with E-state index in [2.05, 4.69) is 5.32 Å². The van der Waals surface area contributed by atoms with E-state index in [0.29, 0.717) is 12.2 Å². The van der Waals surface area contributed by atoms with Gasteiger partial charge in [-0.15, -0.1) is 0 Å². The first-order valence-corrected chi connectivity index (χ1v) is 6.17. The maximum Gasteiger partial charge on any atom is 0.263 e. The lowest BCUT2D eigenvalue weighted by Gasteiger charge is -2.09. The fourth-order valence-corrected chi connectivity index (χ4v) is 1.81. The molecule has 1 amide bonds. The van der Waals surface area contributed by atoms with Gasteiger partial charge in [-0.1, -0.05) is 24.3 Å². The van der Waals surface area contributed by atoms with E-state index in [1.54, 1.807) is 12.1 Å². The molecule has 2 rings (SSSR count). The number of alkyl halides is 2. The van der Waals surface area contributed by atoms with Gasteiger partial charge in [0.2, 0.25) is 0 Å². The summed E-state index contributed by atoms with van der Waals surface area (Å²) >= 11 is 0. The van der Waals surface area contributed by atoms with Crippen LogP contribution in [0.25, 0.3) is 0 Å². The minimum Gasteiger partial charge on any atom is -0.381 e. The number of benzene rings is 2. The molecule has 0 aliphatic rings. The number of hydrogen-bond donors (Lipinski definition) is 2. The first-order valence-electron chi connectivity index (χ1n) is 6.17. The van der Waals surface area contributed by atoms with Gasteiger partial charge >= 0.3 is 0 Å². The van der Waals surface area contributed by atoms with Crippen molar-refractivity contribution in [1.29, 1.82) is 0 Å². The summed E-state index contributed by atoms with van der Waals surface area (Å²) in [5, 5.41) is 2.97. The van der Waals surface area contributed by atoms with Crippen LogP contribution in [0, 0.1) is 5.82 Å². The minimum absolute atomic E-state index is 0.0449. The number of carbonyl (C=O) groups is 1. The molecule has 6 heteroatoms. The molecule has 110 valence electrons. The van der Waals surface area contributed by atoms with E-state index in [0.717, 1.165) is 11.6 Å². The van der Waals surface area contributed by atoms with Crippen LogP contribution in [-0.4, -0.2) is 5.91 Å². The summed E-state index contributed by atoms with van der Waals surface area (Å²) in [6, 6.07) is 9.77. The summed E-state index contributed by atoms with van der Waals surface area (Å²) in [4.78, 5) is 11.0. The SMILES string of the molecule is NC(=O)c1cc(NCc2ccc(C(F)F)cc2)ccc1F. The molecule has 0 aromatic heterocycles. The van der Waals surface area contributed by atoms with Gasteiger partial charge in [0.25, 0.3) is 12.3 Å². The Bertz CT molecular complexity index is 642. The van der Waals surface area contributed by atoms with E-state index in [4.69, 9.17) is 5.73 Å². The van der Waals surface area contributed by atoms with Crippen LogP contribution in [0.3, 0.4) is 0 Å². The van der Waals surface area contributed by atoms with Crippen molar-refractivity contribution in [3.8, 4) is 0 Å². The Balaban J connectivity index is 2.06. The van der Waals surface area contributed by atoms with E-state index in [1.807, 2.05) is 0 Å². The summed E-state index contributed by atoms with van der Waals surface area (Å²) in [5.41, 5.74) is 6.11. The number of anilines is 1. The normalized spacial score (nSPS) is 10.7. The first kappa shape index (κ1) is 14.9. The summed E-state index contributed by atoms with van der Waals surface area (Å²) in [6.07, 6.45) is -2.50. The zero-order valence-electron chi connectivity index (χ0n) is 10.9. The van der Waals surface area contributed by atoms with Crippen molar-refractivity contribution in [2.75, 3.05) is 5.32 Å². The number of primary amides is 1. The molecular formula is C15H13F3N2O. The molecule has 0 fully saturated rings. The molecule has 0 aliphatic carbocycles. The first-order chi connectivity index (χ1) is 9.97. The predicted molar refractivity (Wildman–Crippen MR) is 73.6 cm³/mol. The Morgan fingerprint density at radius 3 is 2.38 bits per heavy atom. The van der Waals surface area contributed by atoms with Crippen LogP contribution < -0.4 is 11.1 Å². The lowest BCUT2D eigenvalue weighted by molar-refractivity contribution is 0.0996. The van der Waals surface area contributed by atoms with Crippen molar-refractivity contribution in [1.82, 2.24) is 0 Å². The number of nitrogens with one attached hydrogen (secondary N) is 1. The molecule has 0 saturated carbocycles. The van der Waals surface area contributed by atoms with Crippen LogP contribution in [-0.2, 0) is 6.54 Å². The molecule has 21 heavy (non-hydrogen) atoms. The number of rotatable bonds is 5. The Kier molecular flexibility index (Phi) is 4.47. The number of hydrogen-bond acceptors (Lipinski definition) is 2. The van der Waals surface area contributed by atoms with Gasteiger partial charge < -0.3 is 11.1 Å². The molecule has 2 aromatic carbocycles. The molecule has 0 bridgehead atoms. The van der Waals surface area contributed by atoms with Gasteiger partial charge in [0.1, 0.15) is 5.82 Å². The zero-order chi connectivity index (χ0) is 15.4. The number of carbonyl (C=O) groups excluding carboxylic acids is 1. The molecule has 0 heterocycles. The molecule has 0 saturated heterocycles. The molecule has 0 radical (unpaired) electrons. The van der Waals surface area contributed by atoms with E-state index in [1.165, 1.54) is 24.3 Å². The van der Waals surface area contributed by atoms with Gasteiger partial charge in [0.15, 0.2) is 0 Å². The predicted octanol–water partition coefficient (Wildman–Crippen LogP) is 3.47. The van der Waals surface area contributed by atoms with Gasteiger partial charge in [-0.05, 0) is 23.8 Å². The second-order valence-electron chi connectivity index (χ2n) is 4.45. The summed E-state index contributed by atoms with van der Waals surface area (Å²) in [6.45, 7) is 0.355. The van der Waals surface area contributed by atoms with Crippen LogP contribution in [0.2, 0.25) is 0 Å². The molecule has 3 nitrogen and oxygen atoms in total. The van der Waals surface area contributed by atoms with Crippen molar-refractivity contribution >= 4 is 11.6 Å². The monoisotopic (exact) mass is 294 g/mol. The zero-order valence-corrected chi connectivity index (χ0v) is 10.9. The number of nitrogens with two attached hydrogens (primary N) is 1.